The summed E-state index contributed by atoms with van der Waals surface area (Å²) < 4.78 is 52.7. The van der Waals surface area contributed by atoms with E-state index in [1.165, 1.54) is 6.07 Å². The summed E-state index contributed by atoms with van der Waals surface area (Å²) in [5, 5.41) is 7.26. The van der Waals surface area contributed by atoms with Crippen molar-refractivity contribution >= 4 is 40.5 Å². The van der Waals surface area contributed by atoms with E-state index in [1.54, 1.807) is 56.0 Å². The van der Waals surface area contributed by atoms with Crippen LogP contribution in [0.3, 0.4) is 0 Å². The molecule has 62 heavy (non-hydrogen) atoms. The van der Waals surface area contributed by atoms with Crippen LogP contribution in [0, 0.1) is 12.3 Å². The largest absolute Gasteiger partial charge is 0.493 e. The Kier molecular flexibility index (Phi) is 16.1. The highest BCUT2D eigenvalue weighted by atomic mass is 19.4. The standard InChI is InChI=1S/C47H62F3N7O5/c1-8-14-30(2)57(6)45(60)38-16-13-15-37(23-34(38)27-58)52-20-12-10-9-11-17-43(59)56(5)28-46(18-19-46)29-62-42-25-39-40(26-41(42)61-7)54-32(4)55-44(39)53-31(3)33-21-35(47(48,49)50)24-36(51)22-33/h15-16,21-27,30-31,52H,8-14,17-20,28-29,51H2,1-7H3,(H,53,54,55)/t30?,31-/m1/s1. The average Bonchev–Trinajstić information content (AvgIpc) is 4.03. The van der Waals surface area contributed by atoms with Crippen molar-refractivity contribution in [3.8, 4) is 11.5 Å². The minimum atomic E-state index is -4.54. The number of anilines is 2. The number of rotatable bonds is 22. The fourth-order valence-corrected chi connectivity index (χ4v) is 7.70. The van der Waals surface area contributed by atoms with Crippen LogP contribution in [0.4, 0.5) is 24.7 Å². The highest BCUT2D eigenvalue weighted by Gasteiger charge is 2.45. The second-order valence-electron chi connectivity index (χ2n) is 16.8. The molecule has 336 valence electrons. The predicted octanol–water partition coefficient (Wildman–Crippen LogP) is 8.86. The number of aldehydes is 1. The average molecular weight is 862 g/mol. The summed E-state index contributed by atoms with van der Waals surface area (Å²) in [6.07, 6.45) is 9.97. The minimum absolute atomic E-state index is 0.0109. The van der Waals surface area contributed by atoms with Gasteiger partial charge in [0, 0.05) is 79.0 Å². The van der Waals surface area contributed by atoms with Crippen LogP contribution < -0.4 is 25.8 Å². The molecule has 1 heterocycles. The molecule has 4 N–H and O–H groups in total. The molecule has 2 aromatic carbocycles. The summed E-state index contributed by atoms with van der Waals surface area (Å²) in [6.45, 7) is 9.20. The lowest BCUT2D eigenvalue weighted by Gasteiger charge is -2.25. The molecule has 2 atom stereocenters. The van der Waals surface area contributed by atoms with Crippen molar-refractivity contribution in [1.29, 1.82) is 0 Å². The van der Waals surface area contributed by atoms with Crippen molar-refractivity contribution in [3.05, 3.63) is 82.4 Å². The first-order valence-electron chi connectivity index (χ1n) is 21.5. The number of allylic oxidation sites excluding steroid dienone is 3. The van der Waals surface area contributed by atoms with Gasteiger partial charge >= 0.3 is 6.18 Å². The Hall–Kier alpha value is -5.60. The number of carbonyl (C=O) groups excluding carboxylic acids is 3. The number of halogens is 3. The van der Waals surface area contributed by atoms with Crippen LogP contribution in [0.25, 0.3) is 10.9 Å². The maximum absolute atomic E-state index is 13.6. The molecule has 1 unspecified atom stereocenters. The number of fused-ring (bicyclic) bond motifs is 1. The summed E-state index contributed by atoms with van der Waals surface area (Å²) in [4.78, 5) is 51.0. The smallest absolute Gasteiger partial charge is 0.416 e. The summed E-state index contributed by atoms with van der Waals surface area (Å²) >= 11 is 0. The monoisotopic (exact) mass is 861 g/mol. The van der Waals surface area contributed by atoms with E-state index in [0.717, 1.165) is 75.5 Å². The van der Waals surface area contributed by atoms with Crippen LogP contribution in [0.1, 0.15) is 108 Å². The number of unbranched alkanes of at least 4 members (excludes halogenated alkanes) is 3. The lowest BCUT2D eigenvalue weighted by atomic mass is 10.0. The topological polar surface area (TPSA) is 152 Å². The molecule has 12 nitrogen and oxygen atoms in total. The van der Waals surface area contributed by atoms with E-state index in [4.69, 9.17) is 15.2 Å². The van der Waals surface area contributed by atoms with Gasteiger partial charge in [-0.05, 0) is 95.2 Å². The van der Waals surface area contributed by atoms with Gasteiger partial charge in [0.1, 0.15) is 11.6 Å². The number of amides is 2. The number of nitrogen functional groups attached to an aromatic ring is 1. The molecule has 0 aliphatic heterocycles. The summed E-state index contributed by atoms with van der Waals surface area (Å²) in [5.41, 5.74) is 7.40. The Morgan fingerprint density at radius 3 is 2.44 bits per heavy atom. The van der Waals surface area contributed by atoms with Crippen LogP contribution >= 0.6 is 0 Å². The molecule has 0 bridgehead atoms. The van der Waals surface area contributed by atoms with E-state index in [-0.39, 0.29) is 29.0 Å². The molecule has 2 amide bonds. The molecule has 0 spiro atoms. The lowest BCUT2D eigenvalue weighted by Crippen LogP contribution is -2.36. The molecule has 3 aromatic rings. The van der Waals surface area contributed by atoms with E-state index >= 15 is 0 Å². The van der Waals surface area contributed by atoms with Gasteiger partial charge in [-0.25, -0.2) is 9.97 Å². The number of hydrogen-bond acceptors (Lipinski definition) is 10. The van der Waals surface area contributed by atoms with Crippen LogP contribution in [-0.2, 0) is 20.6 Å². The number of aromatic nitrogens is 2. The molecule has 1 saturated carbocycles. The lowest BCUT2D eigenvalue weighted by molar-refractivity contribution is -0.137. The molecule has 2 aliphatic carbocycles. The first kappa shape index (κ1) is 47.4. The summed E-state index contributed by atoms with van der Waals surface area (Å²) in [6, 6.07) is 6.54. The van der Waals surface area contributed by atoms with Gasteiger partial charge in [-0.3, -0.25) is 14.4 Å². The van der Waals surface area contributed by atoms with Crippen molar-refractivity contribution in [2.75, 3.05) is 52.0 Å². The second-order valence-corrected chi connectivity index (χ2v) is 16.8. The van der Waals surface area contributed by atoms with Crippen molar-refractivity contribution < 1.29 is 37.0 Å². The predicted molar refractivity (Wildman–Crippen MR) is 237 cm³/mol. The normalized spacial score (nSPS) is 15.6. The molecule has 1 fully saturated rings. The Labute approximate surface area is 363 Å². The summed E-state index contributed by atoms with van der Waals surface area (Å²) in [7, 11) is 5.16. The van der Waals surface area contributed by atoms with Crippen molar-refractivity contribution in [1.82, 2.24) is 25.1 Å². The third-order valence-electron chi connectivity index (χ3n) is 11.7. The van der Waals surface area contributed by atoms with E-state index < -0.39 is 17.8 Å². The van der Waals surface area contributed by atoms with Gasteiger partial charge in [0.05, 0.1) is 30.8 Å². The van der Waals surface area contributed by atoms with Gasteiger partial charge < -0.3 is 35.6 Å². The molecular weight excluding hydrogens is 800 g/mol. The number of nitrogens with one attached hydrogen (secondary N) is 2. The minimum Gasteiger partial charge on any atom is -0.493 e. The van der Waals surface area contributed by atoms with Gasteiger partial charge in [0.25, 0.3) is 5.91 Å². The molecule has 5 rings (SSSR count). The number of hydrogen-bond donors (Lipinski definition) is 3. The number of ether oxygens (including phenoxy) is 2. The third kappa shape index (κ3) is 12.5. The fourth-order valence-electron chi connectivity index (χ4n) is 7.70. The molecular formula is C47H62F3N7O5. The van der Waals surface area contributed by atoms with Crippen molar-refractivity contribution in [3.63, 3.8) is 0 Å². The number of methoxy groups -OCH3 is 1. The van der Waals surface area contributed by atoms with E-state index in [0.29, 0.717) is 83.3 Å². The number of benzene rings is 2. The van der Waals surface area contributed by atoms with E-state index in [1.807, 2.05) is 26.1 Å². The first-order chi connectivity index (χ1) is 29.5. The fraction of sp³-hybridized carbons (Fsp3) is 0.511. The Balaban J connectivity index is 1.09. The van der Waals surface area contributed by atoms with Crippen LogP contribution in [0.2, 0.25) is 0 Å². The maximum atomic E-state index is 13.6. The van der Waals surface area contributed by atoms with Gasteiger partial charge in [0.2, 0.25) is 5.91 Å². The third-order valence-corrected chi connectivity index (χ3v) is 11.7. The summed E-state index contributed by atoms with van der Waals surface area (Å²) in [5.74, 6) is 1.77. The van der Waals surface area contributed by atoms with Crippen LogP contribution in [0.15, 0.2) is 65.4 Å². The Bertz CT molecular complexity index is 2180. The van der Waals surface area contributed by atoms with Crippen LogP contribution in [-0.4, -0.2) is 84.8 Å². The molecule has 0 saturated heterocycles. The van der Waals surface area contributed by atoms with Crippen molar-refractivity contribution in [2.24, 2.45) is 5.41 Å². The Morgan fingerprint density at radius 1 is 1.02 bits per heavy atom. The zero-order chi connectivity index (χ0) is 45.2. The number of nitrogens with two attached hydrogens (primary N) is 1. The number of likely N-dealkylation sites (N-methyl/N-ethyl adjacent to an activating group) is 1. The molecule has 2 aliphatic rings. The van der Waals surface area contributed by atoms with E-state index in [9.17, 15) is 27.6 Å². The van der Waals surface area contributed by atoms with Crippen LogP contribution in [0.5, 0.6) is 11.5 Å². The van der Waals surface area contributed by atoms with Gasteiger partial charge in [-0.1, -0.05) is 38.3 Å². The number of nitrogens with zero attached hydrogens (tertiary/aromatic N) is 4. The molecule has 1 aromatic heterocycles. The zero-order valence-electron chi connectivity index (χ0n) is 37.1. The molecule has 0 radical (unpaired) electrons. The SMILES string of the molecule is CCCC(C)N(C)C(=O)C1=CCC=C(NCCCCCCC(=O)N(C)CC2(COc3cc4c(N[C@H](C)c5cc(N)cc(C(F)(F)F)c5)nc(C)nc4cc3OC)CC2)C=C1C=O. The van der Waals surface area contributed by atoms with Gasteiger partial charge in [-0.2, -0.15) is 13.2 Å². The van der Waals surface area contributed by atoms with Gasteiger partial charge in [0.15, 0.2) is 17.8 Å². The maximum Gasteiger partial charge on any atom is 0.416 e. The highest BCUT2D eigenvalue weighted by Crippen LogP contribution is 2.47. The second kappa shape index (κ2) is 21.0. The number of aryl methyl sites for hydroxylation is 1. The first-order valence-corrected chi connectivity index (χ1v) is 21.5. The quantitative estimate of drug-likeness (QED) is 0.0508. The van der Waals surface area contributed by atoms with Crippen molar-refractivity contribution in [2.45, 2.75) is 110 Å². The highest BCUT2D eigenvalue weighted by molar-refractivity contribution is 6.05. The zero-order valence-corrected chi connectivity index (χ0v) is 37.1. The number of carbonyl (C=O) groups is 3. The number of alkyl halides is 3. The van der Waals surface area contributed by atoms with E-state index in [2.05, 4.69) is 27.5 Å². The Morgan fingerprint density at radius 2 is 1.76 bits per heavy atom. The van der Waals surface area contributed by atoms with Gasteiger partial charge in [-0.15, -0.1) is 0 Å². The molecule has 15 heteroatoms.